The molecule has 1 aliphatic heterocycles. The van der Waals surface area contributed by atoms with E-state index < -0.39 is 0 Å². The highest BCUT2D eigenvalue weighted by molar-refractivity contribution is 9.10. The van der Waals surface area contributed by atoms with Crippen molar-refractivity contribution in [1.29, 1.82) is 0 Å². The predicted octanol–water partition coefficient (Wildman–Crippen LogP) is 4.07. The fraction of sp³-hybridized carbons (Fsp3) is 0.625. The lowest BCUT2D eigenvalue weighted by atomic mass is 9.85. The maximum absolute atomic E-state index is 6.31. The molecular formula is C16H24BrNO2. The largest absolute Gasteiger partial charge is 0.484 e. The van der Waals surface area contributed by atoms with Gasteiger partial charge in [0.25, 0.3) is 0 Å². The number of hydrogen-bond donors (Lipinski definition) is 1. The molecule has 0 aromatic heterocycles. The van der Waals surface area contributed by atoms with Crippen LogP contribution in [0.15, 0.2) is 22.7 Å². The van der Waals surface area contributed by atoms with Gasteiger partial charge in [-0.05, 0) is 31.5 Å². The third-order valence-electron chi connectivity index (χ3n) is 3.95. The zero-order valence-corrected chi connectivity index (χ0v) is 14.1. The van der Waals surface area contributed by atoms with Crippen molar-refractivity contribution in [2.24, 2.45) is 0 Å². The summed E-state index contributed by atoms with van der Waals surface area (Å²) in [6.45, 7) is 6.00. The number of hydrogen-bond acceptors (Lipinski definition) is 3. The van der Waals surface area contributed by atoms with E-state index in [0.29, 0.717) is 12.6 Å². The Hall–Kier alpha value is -0.580. The Labute approximate surface area is 130 Å². The third-order valence-corrected chi connectivity index (χ3v) is 4.44. The Morgan fingerprint density at radius 2 is 2.25 bits per heavy atom. The molecule has 1 heterocycles. The molecule has 2 rings (SSSR count). The number of halogens is 1. The van der Waals surface area contributed by atoms with E-state index in [1.807, 2.05) is 0 Å². The fourth-order valence-electron chi connectivity index (χ4n) is 2.81. The average molecular weight is 342 g/mol. The van der Waals surface area contributed by atoms with E-state index in [-0.39, 0.29) is 5.60 Å². The van der Waals surface area contributed by atoms with E-state index in [2.05, 4.69) is 53.3 Å². The number of ether oxygens (including phenoxy) is 2. The zero-order valence-electron chi connectivity index (χ0n) is 12.5. The number of benzene rings is 1. The molecule has 1 N–H and O–H groups in total. The molecule has 0 fully saturated rings. The highest BCUT2D eigenvalue weighted by atomic mass is 79.9. The Morgan fingerprint density at radius 1 is 1.45 bits per heavy atom. The molecule has 1 aromatic rings. The smallest absolute Gasteiger partial charge is 0.134 e. The molecule has 0 saturated heterocycles. The maximum atomic E-state index is 6.31. The molecular weight excluding hydrogens is 318 g/mol. The lowest BCUT2D eigenvalue weighted by Gasteiger charge is -2.42. The predicted molar refractivity (Wildman–Crippen MR) is 85.3 cm³/mol. The van der Waals surface area contributed by atoms with Crippen molar-refractivity contribution in [3.05, 3.63) is 28.2 Å². The topological polar surface area (TPSA) is 30.5 Å². The summed E-state index contributed by atoms with van der Waals surface area (Å²) in [5.74, 6) is 0.970. The monoisotopic (exact) mass is 341 g/mol. The lowest BCUT2D eigenvalue weighted by molar-refractivity contribution is -0.0370. The van der Waals surface area contributed by atoms with Gasteiger partial charge in [-0.2, -0.15) is 0 Å². The highest BCUT2D eigenvalue weighted by Crippen LogP contribution is 2.42. The van der Waals surface area contributed by atoms with Crippen molar-refractivity contribution in [2.75, 3.05) is 20.3 Å². The van der Waals surface area contributed by atoms with E-state index >= 15 is 0 Å². The summed E-state index contributed by atoms with van der Waals surface area (Å²) in [6.07, 6.45) is 3.02. The van der Waals surface area contributed by atoms with E-state index in [1.54, 1.807) is 7.11 Å². The summed E-state index contributed by atoms with van der Waals surface area (Å²) in [5, 5.41) is 3.64. The van der Waals surface area contributed by atoms with Crippen LogP contribution < -0.4 is 10.1 Å². The summed E-state index contributed by atoms with van der Waals surface area (Å²) in [5.41, 5.74) is 1.02. The van der Waals surface area contributed by atoms with Crippen LogP contribution >= 0.6 is 15.9 Å². The molecule has 0 amide bonds. The van der Waals surface area contributed by atoms with Crippen LogP contribution in [0.25, 0.3) is 0 Å². The summed E-state index contributed by atoms with van der Waals surface area (Å²) >= 11 is 3.53. The number of methoxy groups -OCH3 is 1. The standard InChI is InChI=1S/C16H24BrNO2/c1-4-8-18-14-10-16(5-2,11-19-3)20-15-9-12(17)6-7-13(14)15/h6-7,9,14,18H,4-5,8,10-11H2,1-3H3. The van der Waals surface area contributed by atoms with Crippen molar-refractivity contribution < 1.29 is 9.47 Å². The normalized spacial score (nSPS) is 25.1. The molecule has 20 heavy (non-hydrogen) atoms. The van der Waals surface area contributed by atoms with Gasteiger partial charge in [0.15, 0.2) is 0 Å². The third kappa shape index (κ3) is 3.35. The van der Waals surface area contributed by atoms with Gasteiger partial charge in [-0.1, -0.05) is 35.8 Å². The van der Waals surface area contributed by atoms with Crippen LogP contribution in [0.1, 0.15) is 44.7 Å². The molecule has 3 nitrogen and oxygen atoms in total. The van der Waals surface area contributed by atoms with Gasteiger partial charge in [0.2, 0.25) is 0 Å². The molecule has 2 unspecified atom stereocenters. The van der Waals surface area contributed by atoms with Gasteiger partial charge in [0, 0.05) is 29.6 Å². The van der Waals surface area contributed by atoms with Crippen molar-refractivity contribution in [1.82, 2.24) is 5.32 Å². The van der Waals surface area contributed by atoms with Crippen molar-refractivity contribution >= 4 is 15.9 Å². The van der Waals surface area contributed by atoms with Crippen molar-refractivity contribution in [3.63, 3.8) is 0 Å². The van der Waals surface area contributed by atoms with Crippen LogP contribution in [0.4, 0.5) is 0 Å². The molecule has 0 bridgehead atoms. The summed E-state index contributed by atoms with van der Waals surface area (Å²) in [4.78, 5) is 0. The molecule has 1 aliphatic rings. The van der Waals surface area contributed by atoms with Crippen LogP contribution in [0, 0.1) is 0 Å². The molecule has 112 valence electrons. The molecule has 2 atom stereocenters. The number of rotatable bonds is 6. The second-order valence-corrected chi connectivity index (χ2v) is 6.38. The van der Waals surface area contributed by atoms with E-state index in [1.165, 1.54) is 5.56 Å². The highest BCUT2D eigenvalue weighted by Gasteiger charge is 2.39. The average Bonchev–Trinajstić information content (AvgIpc) is 2.44. The molecule has 4 heteroatoms. The van der Waals surface area contributed by atoms with Gasteiger partial charge >= 0.3 is 0 Å². The Kier molecular flexibility index (Phi) is 5.47. The summed E-state index contributed by atoms with van der Waals surface area (Å²) in [7, 11) is 1.74. The van der Waals surface area contributed by atoms with Crippen LogP contribution in [-0.2, 0) is 4.74 Å². The molecule has 0 spiro atoms. The number of fused-ring (bicyclic) bond motifs is 1. The van der Waals surface area contributed by atoms with Gasteiger partial charge in [-0.15, -0.1) is 0 Å². The van der Waals surface area contributed by atoms with Crippen molar-refractivity contribution in [3.8, 4) is 5.75 Å². The minimum absolute atomic E-state index is 0.228. The SMILES string of the molecule is CCCNC1CC(CC)(COC)Oc2cc(Br)ccc21. The van der Waals surface area contributed by atoms with Crippen LogP contribution in [-0.4, -0.2) is 25.9 Å². The minimum atomic E-state index is -0.228. The van der Waals surface area contributed by atoms with Gasteiger partial charge in [0.1, 0.15) is 11.4 Å². The van der Waals surface area contributed by atoms with Gasteiger partial charge in [-0.25, -0.2) is 0 Å². The summed E-state index contributed by atoms with van der Waals surface area (Å²) in [6, 6.07) is 6.63. The fourth-order valence-corrected chi connectivity index (χ4v) is 3.15. The quantitative estimate of drug-likeness (QED) is 0.845. The van der Waals surface area contributed by atoms with Crippen molar-refractivity contribution in [2.45, 2.75) is 44.8 Å². The second kappa shape index (κ2) is 6.92. The first-order valence-electron chi connectivity index (χ1n) is 7.35. The second-order valence-electron chi connectivity index (χ2n) is 5.46. The lowest BCUT2D eigenvalue weighted by Crippen LogP contribution is -2.47. The molecule has 0 aliphatic carbocycles. The Bertz CT molecular complexity index is 452. The van der Waals surface area contributed by atoms with E-state index in [9.17, 15) is 0 Å². The summed E-state index contributed by atoms with van der Waals surface area (Å²) < 4.78 is 12.8. The first-order chi connectivity index (χ1) is 9.64. The van der Waals surface area contributed by atoms with Gasteiger partial charge < -0.3 is 14.8 Å². The first kappa shape index (κ1) is 15.8. The maximum Gasteiger partial charge on any atom is 0.134 e. The van der Waals surface area contributed by atoms with E-state index in [4.69, 9.17) is 9.47 Å². The molecule has 0 saturated carbocycles. The van der Waals surface area contributed by atoms with E-state index in [0.717, 1.165) is 36.0 Å². The van der Waals surface area contributed by atoms with Crippen LogP contribution in [0.3, 0.4) is 0 Å². The van der Waals surface area contributed by atoms with Crippen LogP contribution in [0.2, 0.25) is 0 Å². The number of nitrogens with one attached hydrogen (secondary N) is 1. The molecule has 0 radical (unpaired) electrons. The Morgan fingerprint density at radius 3 is 2.90 bits per heavy atom. The van der Waals surface area contributed by atoms with Crippen LogP contribution in [0.5, 0.6) is 5.75 Å². The molecule has 1 aromatic carbocycles. The first-order valence-corrected chi connectivity index (χ1v) is 8.14. The van der Waals surface area contributed by atoms with Gasteiger partial charge in [0.05, 0.1) is 6.61 Å². The Balaban J connectivity index is 2.33. The van der Waals surface area contributed by atoms with Gasteiger partial charge in [-0.3, -0.25) is 0 Å². The minimum Gasteiger partial charge on any atom is -0.484 e. The zero-order chi connectivity index (χ0) is 14.6.